The number of hydrogen-bond acceptors (Lipinski definition) is 3. The summed E-state index contributed by atoms with van der Waals surface area (Å²) in [6.45, 7) is 1.93. The molecule has 0 aliphatic rings. The summed E-state index contributed by atoms with van der Waals surface area (Å²) in [5.41, 5.74) is 1.49. The number of ether oxygens (including phenoxy) is 1. The summed E-state index contributed by atoms with van der Waals surface area (Å²) >= 11 is 11.7. The first-order valence-electron chi connectivity index (χ1n) is 6.34. The smallest absolute Gasteiger partial charge is 0.311 e. The van der Waals surface area contributed by atoms with Crippen LogP contribution in [-0.2, 0) is 12.3 Å². The zero-order chi connectivity index (χ0) is 15.4. The lowest BCUT2D eigenvalue weighted by Crippen LogP contribution is -1.96. The highest BCUT2D eigenvalue weighted by Crippen LogP contribution is 2.35. The van der Waals surface area contributed by atoms with Gasteiger partial charge in [0, 0.05) is 16.7 Å². The third-order valence-corrected chi connectivity index (χ3v) is 3.54. The van der Waals surface area contributed by atoms with Gasteiger partial charge in [-0.25, -0.2) is 0 Å². The van der Waals surface area contributed by atoms with Crippen LogP contribution in [0.1, 0.15) is 18.1 Å². The van der Waals surface area contributed by atoms with Crippen molar-refractivity contribution in [2.75, 3.05) is 0 Å². The number of alkyl halides is 1. The van der Waals surface area contributed by atoms with Crippen LogP contribution in [0.4, 0.5) is 5.69 Å². The van der Waals surface area contributed by atoms with Crippen molar-refractivity contribution < 1.29 is 9.66 Å². The van der Waals surface area contributed by atoms with Crippen LogP contribution < -0.4 is 4.74 Å². The van der Waals surface area contributed by atoms with Crippen LogP contribution in [0.3, 0.4) is 0 Å². The van der Waals surface area contributed by atoms with Gasteiger partial charge in [0.2, 0.25) is 5.75 Å². The van der Waals surface area contributed by atoms with Gasteiger partial charge in [-0.15, -0.1) is 11.6 Å². The molecule has 21 heavy (non-hydrogen) atoms. The van der Waals surface area contributed by atoms with E-state index in [1.807, 2.05) is 6.92 Å². The van der Waals surface area contributed by atoms with Gasteiger partial charge < -0.3 is 4.74 Å². The fraction of sp³-hybridized carbons (Fsp3) is 0.200. The highest BCUT2D eigenvalue weighted by molar-refractivity contribution is 6.30. The average Bonchev–Trinajstić information content (AvgIpc) is 2.49. The predicted molar refractivity (Wildman–Crippen MR) is 83.6 cm³/mol. The number of nitro groups is 1. The van der Waals surface area contributed by atoms with Crippen LogP contribution >= 0.6 is 23.2 Å². The Hall–Kier alpha value is -1.78. The molecule has 2 rings (SSSR count). The third-order valence-electron chi connectivity index (χ3n) is 3.01. The van der Waals surface area contributed by atoms with Crippen molar-refractivity contribution in [2.24, 2.45) is 0 Å². The van der Waals surface area contributed by atoms with Crippen molar-refractivity contribution in [1.82, 2.24) is 0 Å². The highest BCUT2D eigenvalue weighted by Gasteiger charge is 2.17. The zero-order valence-corrected chi connectivity index (χ0v) is 12.8. The maximum absolute atomic E-state index is 11.2. The van der Waals surface area contributed by atoms with Crippen LogP contribution in [0.15, 0.2) is 36.4 Å². The molecule has 110 valence electrons. The lowest BCUT2D eigenvalue weighted by atomic mass is 10.1. The van der Waals surface area contributed by atoms with E-state index in [2.05, 4.69) is 0 Å². The van der Waals surface area contributed by atoms with E-state index in [9.17, 15) is 10.1 Å². The highest BCUT2D eigenvalue weighted by atomic mass is 35.5. The number of halogens is 2. The Morgan fingerprint density at radius 2 is 1.90 bits per heavy atom. The molecule has 0 aliphatic carbocycles. The van der Waals surface area contributed by atoms with E-state index in [0.717, 1.165) is 12.0 Å². The first-order valence-corrected chi connectivity index (χ1v) is 7.26. The minimum Gasteiger partial charge on any atom is -0.450 e. The second kappa shape index (κ2) is 6.78. The van der Waals surface area contributed by atoms with Crippen molar-refractivity contribution in [3.8, 4) is 11.5 Å². The maximum atomic E-state index is 11.2. The zero-order valence-electron chi connectivity index (χ0n) is 11.3. The van der Waals surface area contributed by atoms with Crippen LogP contribution in [-0.4, -0.2) is 4.92 Å². The summed E-state index contributed by atoms with van der Waals surface area (Å²) in [5, 5.41) is 11.7. The summed E-state index contributed by atoms with van der Waals surface area (Å²) < 4.78 is 5.66. The Labute approximate surface area is 132 Å². The van der Waals surface area contributed by atoms with Crippen LogP contribution in [0.2, 0.25) is 5.02 Å². The maximum Gasteiger partial charge on any atom is 0.311 e. The van der Waals surface area contributed by atoms with Gasteiger partial charge in [-0.3, -0.25) is 10.1 Å². The van der Waals surface area contributed by atoms with Crippen molar-refractivity contribution in [3.63, 3.8) is 0 Å². The van der Waals surface area contributed by atoms with E-state index in [1.165, 1.54) is 6.07 Å². The first-order chi connectivity index (χ1) is 10.0. The van der Waals surface area contributed by atoms with Gasteiger partial charge in [0.1, 0.15) is 5.75 Å². The molecule has 0 bridgehead atoms. The number of rotatable bonds is 5. The molecule has 0 unspecified atom stereocenters. The van der Waals surface area contributed by atoms with Gasteiger partial charge in [0.15, 0.2) is 0 Å². The monoisotopic (exact) mass is 325 g/mol. The first kappa shape index (κ1) is 15.6. The van der Waals surface area contributed by atoms with E-state index in [0.29, 0.717) is 16.3 Å². The van der Waals surface area contributed by atoms with Gasteiger partial charge in [-0.05, 0) is 36.2 Å². The summed E-state index contributed by atoms with van der Waals surface area (Å²) in [7, 11) is 0. The van der Waals surface area contributed by atoms with Gasteiger partial charge in [-0.2, -0.15) is 0 Å². The summed E-state index contributed by atoms with van der Waals surface area (Å²) in [6.07, 6.45) is 0.717. The molecule has 0 N–H and O–H groups in total. The number of benzene rings is 2. The van der Waals surface area contributed by atoms with E-state index < -0.39 is 4.92 Å². The average molecular weight is 326 g/mol. The molecular weight excluding hydrogens is 313 g/mol. The Morgan fingerprint density at radius 1 is 1.19 bits per heavy atom. The van der Waals surface area contributed by atoms with E-state index in [-0.39, 0.29) is 17.3 Å². The molecule has 0 aliphatic heterocycles. The normalized spacial score (nSPS) is 10.4. The van der Waals surface area contributed by atoms with Crippen molar-refractivity contribution in [2.45, 2.75) is 19.2 Å². The topological polar surface area (TPSA) is 52.4 Å². The van der Waals surface area contributed by atoms with Crippen LogP contribution in [0, 0.1) is 10.1 Å². The molecule has 0 heterocycles. The molecule has 6 heteroatoms. The standard InChI is InChI=1S/C15H13Cl2NO3/c1-2-10-3-5-15(13(7-10)18(19)20)21-14-6-4-12(17)8-11(14)9-16/h3-8H,2,9H2,1H3. The molecule has 0 saturated carbocycles. The molecule has 4 nitrogen and oxygen atoms in total. The molecular formula is C15H13Cl2NO3. The Balaban J connectivity index is 2.42. The minimum atomic E-state index is -0.454. The molecule has 2 aromatic rings. The quantitative estimate of drug-likeness (QED) is 0.423. The van der Waals surface area contributed by atoms with E-state index >= 15 is 0 Å². The lowest BCUT2D eigenvalue weighted by Gasteiger charge is -2.11. The fourth-order valence-corrected chi connectivity index (χ4v) is 2.29. The van der Waals surface area contributed by atoms with Gasteiger partial charge in [-0.1, -0.05) is 24.6 Å². The SMILES string of the molecule is CCc1ccc(Oc2ccc(Cl)cc2CCl)c([N+](=O)[O-])c1. The van der Waals surface area contributed by atoms with Gasteiger partial charge in [0.25, 0.3) is 0 Å². The minimum absolute atomic E-state index is 0.0650. The van der Waals surface area contributed by atoms with Crippen LogP contribution in [0.5, 0.6) is 11.5 Å². The predicted octanol–water partition coefficient (Wildman–Crippen LogP) is 5.34. The summed E-state index contributed by atoms with van der Waals surface area (Å²) in [6, 6.07) is 9.90. The lowest BCUT2D eigenvalue weighted by molar-refractivity contribution is -0.385. The summed E-state index contributed by atoms with van der Waals surface area (Å²) in [5.74, 6) is 0.851. The van der Waals surface area contributed by atoms with Gasteiger partial charge in [0.05, 0.1) is 10.8 Å². The molecule has 0 spiro atoms. The van der Waals surface area contributed by atoms with Gasteiger partial charge >= 0.3 is 5.69 Å². The van der Waals surface area contributed by atoms with Crippen molar-refractivity contribution in [1.29, 1.82) is 0 Å². The number of nitro benzene ring substituents is 1. The molecule has 2 aromatic carbocycles. The molecule has 0 saturated heterocycles. The van der Waals surface area contributed by atoms with E-state index in [4.69, 9.17) is 27.9 Å². The Kier molecular flexibility index (Phi) is 5.04. The third kappa shape index (κ3) is 3.65. The van der Waals surface area contributed by atoms with Crippen molar-refractivity contribution in [3.05, 3.63) is 62.7 Å². The molecule has 0 fully saturated rings. The fourth-order valence-electron chi connectivity index (χ4n) is 1.88. The second-order valence-electron chi connectivity index (χ2n) is 4.40. The largest absolute Gasteiger partial charge is 0.450 e. The Bertz CT molecular complexity index is 674. The number of hydrogen-bond donors (Lipinski definition) is 0. The molecule has 0 atom stereocenters. The molecule has 0 radical (unpaired) electrons. The second-order valence-corrected chi connectivity index (χ2v) is 5.10. The Morgan fingerprint density at radius 3 is 2.52 bits per heavy atom. The summed E-state index contributed by atoms with van der Waals surface area (Å²) in [4.78, 5) is 10.7. The number of nitrogens with zero attached hydrogens (tertiary/aromatic N) is 1. The van der Waals surface area contributed by atoms with E-state index in [1.54, 1.807) is 30.3 Å². The molecule has 0 amide bonds. The van der Waals surface area contributed by atoms with Crippen molar-refractivity contribution >= 4 is 28.9 Å². The molecule has 0 aromatic heterocycles. The number of aryl methyl sites for hydroxylation is 1. The van der Waals surface area contributed by atoms with Crippen LogP contribution in [0.25, 0.3) is 0 Å².